The number of nitrogens with zero attached hydrogens (tertiary/aromatic N) is 1. The number of amides is 1. The molecule has 24 heavy (non-hydrogen) atoms. The normalized spacial score (nSPS) is 26.7. The first kappa shape index (κ1) is 17.0. The number of carbonyl (C=O) groups excluding carboxylic acids is 2. The van der Waals surface area contributed by atoms with Crippen molar-refractivity contribution in [3.8, 4) is 5.75 Å². The van der Waals surface area contributed by atoms with Crippen LogP contribution in [0.2, 0.25) is 0 Å². The molecule has 1 saturated heterocycles. The summed E-state index contributed by atoms with van der Waals surface area (Å²) in [4.78, 5) is 26.2. The Bertz CT molecular complexity index is 633. The summed E-state index contributed by atoms with van der Waals surface area (Å²) in [6.45, 7) is 5.16. The van der Waals surface area contributed by atoms with E-state index in [0.29, 0.717) is 32.4 Å². The molecule has 0 radical (unpaired) electrons. The van der Waals surface area contributed by atoms with Crippen LogP contribution in [0.25, 0.3) is 0 Å². The minimum atomic E-state index is -0.391. The molecule has 2 aliphatic rings. The minimum absolute atomic E-state index is 0.00569. The van der Waals surface area contributed by atoms with E-state index in [1.54, 1.807) is 7.11 Å². The lowest BCUT2D eigenvalue weighted by Crippen LogP contribution is -2.58. The lowest BCUT2D eigenvalue weighted by Gasteiger charge is -2.48. The minimum Gasteiger partial charge on any atom is -0.497 e. The van der Waals surface area contributed by atoms with Crippen molar-refractivity contribution < 1.29 is 19.1 Å². The first-order valence-electron chi connectivity index (χ1n) is 8.42. The molecule has 1 atom stereocenters. The second-order valence-corrected chi connectivity index (χ2v) is 7.55. The molecule has 1 aliphatic carbocycles. The molecule has 1 aromatic rings. The SMILES string of the molecule is COc1ccc(CN2CC3(CCC(=O)C(C)(C)C3)OCC2=O)cc1. The predicted molar refractivity (Wildman–Crippen MR) is 89.7 cm³/mol. The molecule has 2 fully saturated rings. The first-order valence-corrected chi connectivity index (χ1v) is 8.42. The Hall–Kier alpha value is -1.88. The average Bonchev–Trinajstić information content (AvgIpc) is 2.55. The van der Waals surface area contributed by atoms with Gasteiger partial charge < -0.3 is 14.4 Å². The number of methoxy groups -OCH3 is 1. The maximum Gasteiger partial charge on any atom is 0.248 e. The van der Waals surface area contributed by atoms with Crippen LogP contribution in [0.3, 0.4) is 0 Å². The Morgan fingerprint density at radius 1 is 1.21 bits per heavy atom. The quantitative estimate of drug-likeness (QED) is 0.854. The monoisotopic (exact) mass is 331 g/mol. The second kappa shape index (κ2) is 6.20. The summed E-state index contributed by atoms with van der Waals surface area (Å²) in [7, 11) is 1.64. The van der Waals surface area contributed by atoms with E-state index in [2.05, 4.69) is 0 Å². The van der Waals surface area contributed by atoms with Crippen molar-refractivity contribution in [1.29, 1.82) is 0 Å². The summed E-state index contributed by atoms with van der Waals surface area (Å²) in [5.74, 6) is 1.09. The number of ether oxygens (including phenoxy) is 2. The van der Waals surface area contributed by atoms with Gasteiger partial charge in [-0.25, -0.2) is 0 Å². The van der Waals surface area contributed by atoms with Crippen LogP contribution in [0.1, 0.15) is 38.7 Å². The highest BCUT2D eigenvalue weighted by molar-refractivity contribution is 5.85. The summed E-state index contributed by atoms with van der Waals surface area (Å²) in [6, 6.07) is 7.75. The van der Waals surface area contributed by atoms with Gasteiger partial charge in [-0.05, 0) is 30.5 Å². The van der Waals surface area contributed by atoms with Crippen LogP contribution in [-0.4, -0.2) is 42.5 Å². The van der Waals surface area contributed by atoms with Crippen molar-refractivity contribution in [3.63, 3.8) is 0 Å². The molecule has 1 amide bonds. The summed E-state index contributed by atoms with van der Waals surface area (Å²) < 4.78 is 11.1. The van der Waals surface area contributed by atoms with Gasteiger partial charge in [0.2, 0.25) is 5.91 Å². The van der Waals surface area contributed by atoms with Gasteiger partial charge in [-0.15, -0.1) is 0 Å². The maximum atomic E-state index is 12.3. The highest BCUT2D eigenvalue weighted by atomic mass is 16.5. The maximum absolute atomic E-state index is 12.3. The van der Waals surface area contributed by atoms with Crippen molar-refractivity contribution in [2.45, 2.75) is 45.3 Å². The molecule has 1 spiro atoms. The molecule has 0 N–H and O–H groups in total. The van der Waals surface area contributed by atoms with Gasteiger partial charge in [-0.2, -0.15) is 0 Å². The number of ketones is 1. The molecule has 1 aromatic carbocycles. The van der Waals surface area contributed by atoms with Crippen molar-refractivity contribution >= 4 is 11.7 Å². The molecule has 1 unspecified atom stereocenters. The number of benzene rings is 1. The van der Waals surface area contributed by atoms with E-state index in [0.717, 1.165) is 11.3 Å². The molecule has 0 bridgehead atoms. The number of carbonyl (C=O) groups is 2. The van der Waals surface area contributed by atoms with Gasteiger partial charge in [0.25, 0.3) is 0 Å². The molecule has 1 heterocycles. The van der Waals surface area contributed by atoms with Gasteiger partial charge >= 0.3 is 0 Å². The third-order valence-electron chi connectivity index (χ3n) is 5.19. The van der Waals surface area contributed by atoms with Gasteiger partial charge in [0.1, 0.15) is 18.1 Å². The smallest absolute Gasteiger partial charge is 0.248 e. The molecule has 130 valence electrons. The zero-order chi connectivity index (χ0) is 17.4. The number of Topliss-reactive ketones (excluding diaryl/α,β-unsaturated/α-hetero) is 1. The van der Waals surface area contributed by atoms with Gasteiger partial charge in [0.05, 0.1) is 19.3 Å². The van der Waals surface area contributed by atoms with Gasteiger partial charge in [-0.1, -0.05) is 26.0 Å². The molecule has 3 rings (SSSR count). The highest BCUT2D eigenvalue weighted by Crippen LogP contribution is 2.42. The van der Waals surface area contributed by atoms with Crippen molar-refractivity contribution in [1.82, 2.24) is 4.90 Å². The zero-order valence-corrected chi connectivity index (χ0v) is 14.6. The number of morpholine rings is 1. The lowest BCUT2D eigenvalue weighted by atomic mass is 9.68. The third-order valence-corrected chi connectivity index (χ3v) is 5.19. The molecule has 5 nitrogen and oxygen atoms in total. The van der Waals surface area contributed by atoms with Crippen LogP contribution in [0.4, 0.5) is 0 Å². The van der Waals surface area contributed by atoms with Gasteiger partial charge in [0.15, 0.2) is 0 Å². The van der Waals surface area contributed by atoms with Crippen LogP contribution in [0.5, 0.6) is 5.75 Å². The molecular weight excluding hydrogens is 306 g/mol. The van der Waals surface area contributed by atoms with Crippen LogP contribution in [0.15, 0.2) is 24.3 Å². The molecule has 1 aliphatic heterocycles. The van der Waals surface area contributed by atoms with Crippen molar-refractivity contribution in [2.75, 3.05) is 20.3 Å². The van der Waals surface area contributed by atoms with Gasteiger partial charge in [0, 0.05) is 18.4 Å². The van der Waals surface area contributed by atoms with Crippen molar-refractivity contribution in [3.05, 3.63) is 29.8 Å². The average molecular weight is 331 g/mol. The van der Waals surface area contributed by atoms with E-state index >= 15 is 0 Å². The number of hydrogen-bond acceptors (Lipinski definition) is 4. The first-order chi connectivity index (χ1) is 11.3. The van der Waals surface area contributed by atoms with Crippen LogP contribution in [0, 0.1) is 5.41 Å². The summed E-state index contributed by atoms with van der Waals surface area (Å²) >= 11 is 0. The van der Waals surface area contributed by atoms with Gasteiger partial charge in [-0.3, -0.25) is 9.59 Å². The van der Waals surface area contributed by atoms with Crippen LogP contribution in [-0.2, 0) is 20.9 Å². The van der Waals surface area contributed by atoms with Crippen LogP contribution >= 0.6 is 0 Å². The molecule has 5 heteroatoms. The van der Waals surface area contributed by atoms with E-state index in [1.165, 1.54) is 0 Å². The van der Waals surface area contributed by atoms with E-state index in [4.69, 9.17) is 9.47 Å². The van der Waals surface area contributed by atoms with Crippen molar-refractivity contribution in [2.24, 2.45) is 5.41 Å². The van der Waals surface area contributed by atoms with Crippen LogP contribution < -0.4 is 4.74 Å². The second-order valence-electron chi connectivity index (χ2n) is 7.55. The Morgan fingerprint density at radius 2 is 1.92 bits per heavy atom. The summed E-state index contributed by atoms with van der Waals surface area (Å²) in [6.07, 6.45) is 1.89. The fourth-order valence-electron chi connectivity index (χ4n) is 3.81. The van der Waals surface area contributed by atoms with E-state index in [-0.39, 0.29) is 23.7 Å². The number of hydrogen-bond donors (Lipinski definition) is 0. The highest BCUT2D eigenvalue weighted by Gasteiger charge is 2.49. The van der Waals surface area contributed by atoms with E-state index in [1.807, 2.05) is 43.0 Å². The molecule has 0 aromatic heterocycles. The zero-order valence-electron chi connectivity index (χ0n) is 14.6. The fourth-order valence-corrected chi connectivity index (χ4v) is 3.81. The molecular formula is C19H25NO4. The Labute approximate surface area is 142 Å². The Balaban J connectivity index is 1.73. The summed E-state index contributed by atoms with van der Waals surface area (Å²) in [5.41, 5.74) is 0.287. The van der Waals surface area contributed by atoms with E-state index in [9.17, 15) is 9.59 Å². The predicted octanol–water partition coefficient (Wildman–Crippen LogP) is 2.57. The fraction of sp³-hybridized carbons (Fsp3) is 0.579. The van der Waals surface area contributed by atoms with E-state index < -0.39 is 5.60 Å². The lowest BCUT2D eigenvalue weighted by molar-refractivity contribution is -0.179. The molecule has 1 saturated carbocycles. The Morgan fingerprint density at radius 3 is 2.54 bits per heavy atom. The summed E-state index contributed by atoms with van der Waals surface area (Å²) in [5, 5.41) is 0. The largest absolute Gasteiger partial charge is 0.497 e. The standard InChI is InChI=1S/C19H25NO4/c1-18(2)12-19(9-8-16(18)21)13-20(17(22)11-24-19)10-14-4-6-15(23-3)7-5-14/h4-7H,8-13H2,1-3H3. The number of rotatable bonds is 3. The Kier molecular flexibility index (Phi) is 4.38. The topological polar surface area (TPSA) is 55.8 Å². The third kappa shape index (κ3) is 3.31.